The van der Waals surface area contributed by atoms with Crippen molar-refractivity contribution in [3.05, 3.63) is 27.3 Å². The fourth-order valence-electron chi connectivity index (χ4n) is 3.39. The summed E-state index contributed by atoms with van der Waals surface area (Å²) in [6, 6.07) is 6.31. The van der Waals surface area contributed by atoms with Crippen molar-refractivity contribution in [3.8, 4) is 5.75 Å². The SMILES string of the molecule is CCOc1ccc(I)cc1CC1C(=O)C2CCN1CC2. The molecule has 4 rings (SSSR count). The van der Waals surface area contributed by atoms with Crippen LogP contribution in [0, 0.1) is 9.49 Å². The molecule has 0 aromatic heterocycles. The maximum absolute atomic E-state index is 12.5. The second-order valence-corrected chi connectivity index (χ2v) is 6.86. The first-order valence-electron chi connectivity index (χ1n) is 7.38. The molecule has 4 heteroatoms. The van der Waals surface area contributed by atoms with Crippen LogP contribution in [-0.4, -0.2) is 36.4 Å². The lowest BCUT2D eigenvalue weighted by molar-refractivity contribution is -0.136. The van der Waals surface area contributed by atoms with Gasteiger partial charge in [-0.05, 0) is 85.6 Å². The number of ketones is 1. The zero-order chi connectivity index (χ0) is 14.1. The van der Waals surface area contributed by atoms with Gasteiger partial charge in [0.25, 0.3) is 0 Å². The van der Waals surface area contributed by atoms with Gasteiger partial charge < -0.3 is 4.74 Å². The Bertz CT molecular complexity index is 509. The van der Waals surface area contributed by atoms with Gasteiger partial charge in [0.1, 0.15) is 5.75 Å². The molecule has 3 fully saturated rings. The molecule has 1 aromatic rings. The quantitative estimate of drug-likeness (QED) is 0.747. The lowest BCUT2D eigenvalue weighted by Crippen LogP contribution is -2.56. The Morgan fingerprint density at radius 2 is 2.10 bits per heavy atom. The predicted molar refractivity (Wildman–Crippen MR) is 87.1 cm³/mol. The molecule has 0 spiro atoms. The van der Waals surface area contributed by atoms with Gasteiger partial charge in [-0.2, -0.15) is 0 Å². The Balaban J connectivity index is 1.83. The smallest absolute Gasteiger partial charge is 0.153 e. The fraction of sp³-hybridized carbons (Fsp3) is 0.562. The third-order valence-corrected chi connectivity index (χ3v) is 5.11. The number of rotatable bonds is 4. The molecular formula is C16H20INO2. The second kappa shape index (κ2) is 6.02. The maximum atomic E-state index is 12.5. The number of benzene rings is 1. The van der Waals surface area contributed by atoms with E-state index in [2.05, 4.69) is 39.6 Å². The molecular weight excluding hydrogens is 365 g/mol. The van der Waals surface area contributed by atoms with E-state index >= 15 is 0 Å². The first kappa shape index (κ1) is 14.3. The second-order valence-electron chi connectivity index (χ2n) is 5.62. The van der Waals surface area contributed by atoms with Crippen molar-refractivity contribution in [1.29, 1.82) is 0 Å². The molecule has 0 radical (unpaired) electrons. The highest BCUT2D eigenvalue weighted by Crippen LogP contribution is 2.32. The van der Waals surface area contributed by atoms with Crippen molar-refractivity contribution in [2.24, 2.45) is 5.92 Å². The molecule has 0 N–H and O–H groups in total. The number of carbonyl (C=O) groups excluding carboxylic acids is 1. The zero-order valence-corrected chi connectivity index (χ0v) is 13.9. The minimum absolute atomic E-state index is 0.0694. The summed E-state index contributed by atoms with van der Waals surface area (Å²) in [5.74, 6) is 1.69. The van der Waals surface area contributed by atoms with Crippen LogP contribution in [0.2, 0.25) is 0 Å². The summed E-state index contributed by atoms with van der Waals surface area (Å²) in [5.41, 5.74) is 1.17. The molecule has 1 aromatic carbocycles. The Morgan fingerprint density at radius 3 is 2.75 bits per heavy atom. The van der Waals surface area contributed by atoms with Crippen molar-refractivity contribution in [2.45, 2.75) is 32.2 Å². The van der Waals surface area contributed by atoms with Crippen molar-refractivity contribution in [2.75, 3.05) is 19.7 Å². The number of nitrogens with zero attached hydrogens (tertiary/aromatic N) is 1. The summed E-state index contributed by atoms with van der Waals surface area (Å²) in [7, 11) is 0. The molecule has 108 valence electrons. The first-order valence-corrected chi connectivity index (χ1v) is 8.46. The summed E-state index contributed by atoms with van der Waals surface area (Å²) in [6.45, 7) is 4.82. The van der Waals surface area contributed by atoms with E-state index in [9.17, 15) is 4.79 Å². The van der Waals surface area contributed by atoms with E-state index in [-0.39, 0.29) is 6.04 Å². The van der Waals surface area contributed by atoms with Crippen LogP contribution in [0.25, 0.3) is 0 Å². The van der Waals surface area contributed by atoms with E-state index in [0.29, 0.717) is 18.3 Å². The van der Waals surface area contributed by atoms with E-state index in [1.54, 1.807) is 0 Å². The standard InChI is InChI=1S/C16H20INO2/c1-2-20-15-4-3-13(17)9-12(15)10-14-16(19)11-5-7-18(14)8-6-11/h3-4,9,11,14H,2,5-8,10H2,1H3. The fourth-order valence-corrected chi connectivity index (χ4v) is 3.95. The maximum Gasteiger partial charge on any atom is 0.153 e. The molecule has 1 atom stereocenters. The monoisotopic (exact) mass is 385 g/mol. The zero-order valence-electron chi connectivity index (χ0n) is 11.8. The summed E-state index contributed by atoms with van der Waals surface area (Å²) < 4.78 is 6.91. The minimum atomic E-state index is 0.0694. The Labute approximate surface area is 133 Å². The van der Waals surface area contributed by atoms with Crippen LogP contribution in [0.15, 0.2) is 18.2 Å². The lowest BCUT2D eigenvalue weighted by Gasteiger charge is -2.44. The van der Waals surface area contributed by atoms with Gasteiger partial charge in [0.15, 0.2) is 5.78 Å². The van der Waals surface area contributed by atoms with E-state index < -0.39 is 0 Å². The highest BCUT2D eigenvalue weighted by molar-refractivity contribution is 14.1. The average Bonchev–Trinajstić information content (AvgIpc) is 2.46. The van der Waals surface area contributed by atoms with Gasteiger partial charge in [-0.3, -0.25) is 9.69 Å². The Hall–Kier alpha value is -0.620. The number of ether oxygens (including phenoxy) is 1. The number of halogens is 1. The Morgan fingerprint density at radius 1 is 1.35 bits per heavy atom. The third-order valence-electron chi connectivity index (χ3n) is 4.44. The normalized spacial score (nSPS) is 28.7. The van der Waals surface area contributed by atoms with Gasteiger partial charge in [0.2, 0.25) is 0 Å². The molecule has 0 aliphatic carbocycles. The lowest BCUT2D eigenvalue weighted by atomic mass is 9.80. The molecule has 1 unspecified atom stereocenters. The largest absolute Gasteiger partial charge is 0.494 e. The van der Waals surface area contributed by atoms with Crippen LogP contribution in [0.4, 0.5) is 0 Å². The van der Waals surface area contributed by atoms with Crippen molar-refractivity contribution < 1.29 is 9.53 Å². The van der Waals surface area contributed by atoms with E-state index in [4.69, 9.17) is 4.74 Å². The van der Waals surface area contributed by atoms with E-state index in [1.807, 2.05) is 13.0 Å². The van der Waals surface area contributed by atoms with E-state index in [1.165, 1.54) is 9.13 Å². The van der Waals surface area contributed by atoms with Gasteiger partial charge in [0.05, 0.1) is 12.6 Å². The van der Waals surface area contributed by atoms with Gasteiger partial charge >= 0.3 is 0 Å². The molecule has 3 saturated heterocycles. The summed E-state index contributed by atoms with van der Waals surface area (Å²) >= 11 is 2.32. The molecule has 20 heavy (non-hydrogen) atoms. The molecule has 3 aliphatic heterocycles. The summed E-state index contributed by atoms with van der Waals surface area (Å²) in [5, 5.41) is 0. The summed E-state index contributed by atoms with van der Waals surface area (Å²) in [6.07, 6.45) is 2.90. The van der Waals surface area contributed by atoms with Crippen molar-refractivity contribution in [3.63, 3.8) is 0 Å². The van der Waals surface area contributed by atoms with Crippen LogP contribution < -0.4 is 4.74 Å². The first-order chi connectivity index (χ1) is 9.69. The topological polar surface area (TPSA) is 29.5 Å². The average molecular weight is 385 g/mol. The number of piperidine rings is 3. The van der Waals surface area contributed by atoms with Crippen molar-refractivity contribution in [1.82, 2.24) is 4.90 Å². The van der Waals surface area contributed by atoms with Gasteiger partial charge in [-0.15, -0.1) is 0 Å². The number of fused-ring (bicyclic) bond motifs is 3. The summed E-state index contributed by atoms with van der Waals surface area (Å²) in [4.78, 5) is 14.8. The number of Topliss-reactive ketones (excluding diaryl/α,β-unsaturated/α-hetero) is 1. The number of hydrogen-bond acceptors (Lipinski definition) is 3. The van der Waals surface area contributed by atoms with Crippen LogP contribution in [-0.2, 0) is 11.2 Å². The van der Waals surface area contributed by atoms with Gasteiger partial charge in [-0.1, -0.05) is 0 Å². The molecule has 3 nitrogen and oxygen atoms in total. The van der Waals surface area contributed by atoms with Crippen LogP contribution in [0.5, 0.6) is 5.75 Å². The van der Waals surface area contributed by atoms with Gasteiger partial charge in [-0.25, -0.2) is 0 Å². The van der Waals surface area contributed by atoms with Crippen LogP contribution in [0.3, 0.4) is 0 Å². The highest BCUT2D eigenvalue weighted by Gasteiger charge is 2.40. The number of hydrogen-bond donors (Lipinski definition) is 0. The van der Waals surface area contributed by atoms with Crippen LogP contribution in [0.1, 0.15) is 25.3 Å². The molecule has 0 saturated carbocycles. The predicted octanol–water partition coefficient (Wildman–Crippen LogP) is 2.90. The molecule has 0 amide bonds. The van der Waals surface area contributed by atoms with Gasteiger partial charge in [0, 0.05) is 9.49 Å². The Kier molecular flexibility index (Phi) is 4.31. The minimum Gasteiger partial charge on any atom is -0.494 e. The van der Waals surface area contributed by atoms with Crippen molar-refractivity contribution >= 4 is 28.4 Å². The van der Waals surface area contributed by atoms with Crippen LogP contribution >= 0.6 is 22.6 Å². The third kappa shape index (κ3) is 2.72. The number of carbonyl (C=O) groups is 1. The molecule has 3 aliphatic rings. The molecule has 3 heterocycles. The molecule has 2 bridgehead atoms. The highest BCUT2D eigenvalue weighted by atomic mass is 127. The van der Waals surface area contributed by atoms with E-state index in [0.717, 1.165) is 38.1 Å².